The van der Waals surface area contributed by atoms with Gasteiger partial charge in [0.1, 0.15) is 0 Å². The van der Waals surface area contributed by atoms with Crippen LogP contribution in [0.3, 0.4) is 0 Å². The van der Waals surface area contributed by atoms with Crippen molar-refractivity contribution in [1.29, 1.82) is 0 Å². The topological polar surface area (TPSA) is 101 Å². The normalized spacial score (nSPS) is 17.9. The van der Waals surface area contributed by atoms with E-state index in [9.17, 15) is 18.0 Å². The van der Waals surface area contributed by atoms with Gasteiger partial charge in [0.05, 0.1) is 5.75 Å². The summed E-state index contributed by atoms with van der Waals surface area (Å²) in [6.45, 7) is 3.81. The second-order valence-corrected chi connectivity index (χ2v) is 16.5. The minimum absolute atomic E-state index is 0.0509. The first kappa shape index (κ1) is 28.4. The monoisotopic (exact) mass is 617 g/mol. The van der Waals surface area contributed by atoms with Crippen LogP contribution in [0, 0.1) is 0 Å². The molecule has 0 saturated carbocycles. The Labute approximate surface area is 232 Å². The zero-order chi connectivity index (χ0) is 27.4. The molecule has 1 heterocycles. The molecule has 7 nitrogen and oxygen atoms in total. The van der Waals surface area contributed by atoms with Gasteiger partial charge in [0, 0.05) is 0 Å². The van der Waals surface area contributed by atoms with Crippen molar-refractivity contribution in [3.63, 3.8) is 0 Å². The van der Waals surface area contributed by atoms with E-state index in [4.69, 9.17) is 20.9 Å². The fourth-order valence-electron chi connectivity index (χ4n) is 4.78. The zero-order valence-corrected chi connectivity index (χ0v) is 24.5. The maximum absolute atomic E-state index is 13.7. The third-order valence-corrected chi connectivity index (χ3v) is 13.1. The van der Waals surface area contributed by atoms with E-state index < -0.39 is 24.8 Å². The number of hydrogen-bond acceptors (Lipinski definition) is 5. The average Bonchev–Trinajstić information content (AvgIpc) is 2.87. The number of ether oxygens (including phenoxy) is 1. The van der Waals surface area contributed by atoms with Crippen LogP contribution in [0.25, 0.3) is 0 Å². The summed E-state index contributed by atoms with van der Waals surface area (Å²) in [5.41, 5.74) is 2.33. The number of para-hydroxylation sites is 1. The molecule has 0 bridgehead atoms. The van der Waals surface area contributed by atoms with Crippen LogP contribution in [0.4, 0.5) is 5.69 Å². The molecule has 1 aliphatic heterocycles. The Morgan fingerprint density at radius 1 is 1.05 bits per heavy atom. The summed E-state index contributed by atoms with van der Waals surface area (Å²) in [6, 6.07) is 22.0. The van der Waals surface area contributed by atoms with E-state index in [-0.39, 0.29) is 40.0 Å². The molecule has 38 heavy (non-hydrogen) atoms. The molecule has 1 N–H and O–H groups in total. The Bertz CT molecular complexity index is 1410. The number of fused-ring (bicyclic) bond motifs is 1. The van der Waals surface area contributed by atoms with E-state index in [2.05, 4.69) is 0 Å². The molecule has 0 fully saturated rings. The summed E-state index contributed by atoms with van der Waals surface area (Å²) < 4.78 is 37.3. The van der Waals surface area contributed by atoms with Crippen LogP contribution >= 0.6 is 11.6 Å². The van der Waals surface area contributed by atoms with Gasteiger partial charge in [0.15, 0.2) is 0 Å². The number of rotatable bonds is 9. The Morgan fingerprint density at radius 3 is 2.34 bits per heavy atom. The van der Waals surface area contributed by atoms with Gasteiger partial charge in [-0.25, -0.2) is 0 Å². The fourth-order valence-corrected chi connectivity index (χ4v) is 10.9. The van der Waals surface area contributed by atoms with Crippen LogP contribution < -0.4 is 14.0 Å². The van der Waals surface area contributed by atoms with Crippen molar-refractivity contribution in [2.75, 3.05) is 17.3 Å². The molecule has 3 unspecified atom stereocenters. The van der Waals surface area contributed by atoms with E-state index in [0.29, 0.717) is 22.8 Å². The van der Waals surface area contributed by atoms with E-state index in [1.165, 1.54) is 0 Å². The first-order valence-electron chi connectivity index (χ1n) is 12.2. The van der Waals surface area contributed by atoms with Gasteiger partial charge in [-0.2, -0.15) is 8.42 Å². The Hall–Kier alpha value is -2.64. The van der Waals surface area contributed by atoms with Crippen LogP contribution in [0.5, 0.6) is 5.75 Å². The third-order valence-electron chi connectivity index (χ3n) is 6.45. The molecule has 0 saturated heterocycles. The van der Waals surface area contributed by atoms with Crippen LogP contribution in [0.15, 0.2) is 72.8 Å². The summed E-state index contributed by atoms with van der Waals surface area (Å²) in [4.78, 5) is 28.5. The molecule has 1 amide bonds. The second kappa shape index (κ2) is 12.0. The average molecular weight is 618 g/mol. The van der Waals surface area contributed by atoms with Gasteiger partial charge in [-0.05, 0) is 0 Å². The first-order chi connectivity index (χ1) is 18.0. The predicted octanol–water partition coefficient (Wildman–Crippen LogP) is 4.59. The molecule has 0 radical (unpaired) electrons. The molecule has 0 aliphatic carbocycles. The van der Waals surface area contributed by atoms with E-state index in [1.807, 2.05) is 60.4 Å². The molecular weight excluding hydrogens is 589 g/mol. The van der Waals surface area contributed by atoms with Crippen molar-refractivity contribution < 1.29 is 27.3 Å². The summed E-state index contributed by atoms with van der Waals surface area (Å²) in [6.07, 6.45) is 0.837. The number of benzene rings is 3. The van der Waals surface area contributed by atoms with Gasteiger partial charge in [-0.15, -0.1) is 0 Å². The fraction of sp³-hybridized carbons (Fsp3) is 0.286. The molecule has 200 valence electrons. The van der Waals surface area contributed by atoms with Gasteiger partial charge in [-0.1, -0.05) is 0 Å². The maximum atomic E-state index is 13.7. The molecule has 10 heteroatoms. The van der Waals surface area contributed by atoms with Crippen molar-refractivity contribution >= 4 is 56.9 Å². The van der Waals surface area contributed by atoms with Gasteiger partial charge in [0.25, 0.3) is 10.1 Å². The molecule has 3 aromatic carbocycles. The predicted molar refractivity (Wildman–Crippen MR) is 151 cm³/mol. The van der Waals surface area contributed by atoms with Crippen molar-refractivity contribution in [3.8, 4) is 5.75 Å². The summed E-state index contributed by atoms with van der Waals surface area (Å²) in [7, 11) is -4.02. The third kappa shape index (κ3) is 6.67. The van der Waals surface area contributed by atoms with Crippen molar-refractivity contribution in [1.82, 2.24) is 0 Å². The SMILES string of the molecule is CC(=O)[As](c1ccc(Cl)cc1)C1CC(C)N(C(=O)c2ccc(OCCCS(=O)(=O)O)cc2)c2ccccc21. The Balaban J connectivity index is 1.57. The molecule has 3 aromatic rings. The quantitative estimate of drug-likeness (QED) is 0.214. The van der Waals surface area contributed by atoms with E-state index in [1.54, 1.807) is 31.2 Å². The van der Waals surface area contributed by atoms with Gasteiger partial charge < -0.3 is 0 Å². The summed E-state index contributed by atoms with van der Waals surface area (Å²) >= 11 is 3.90. The van der Waals surface area contributed by atoms with Gasteiger partial charge in [-0.3, -0.25) is 4.55 Å². The zero-order valence-electron chi connectivity index (χ0n) is 21.1. The number of hydrogen-bond donors (Lipinski definition) is 1. The number of nitrogens with zero attached hydrogens (tertiary/aromatic N) is 1. The number of anilines is 1. The van der Waals surface area contributed by atoms with Gasteiger partial charge in [0.2, 0.25) is 0 Å². The van der Waals surface area contributed by atoms with Crippen LogP contribution in [0.2, 0.25) is 5.02 Å². The number of carbonyl (C=O) groups excluding carboxylic acids is 2. The summed E-state index contributed by atoms with van der Waals surface area (Å²) in [5, 5.41) is 0.634. The van der Waals surface area contributed by atoms with Crippen LogP contribution in [-0.2, 0) is 14.9 Å². The molecular formula is C28H29AsClNO6S. The molecule has 0 aromatic heterocycles. The van der Waals surface area contributed by atoms with Crippen LogP contribution in [0.1, 0.15) is 47.3 Å². The Morgan fingerprint density at radius 2 is 1.71 bits per heavy atom. The number of amides is 1. The first-order valence-corrected chi connectivity index (χ1v) is 17.2. The van der Waals surface area contributed by atoms with Crippen molar-refractivity contribution in [3.05, 3.63) is 88.9 Å². The van der Waals surface area contributed by atoms with E-state index in [0.717, 1.165) is 15.6 Å². The van der Waals surface area contributed by atoms with Crippen LogP contribution in [-0.4, -0.2) is 56.5 Å². The van der Waals surface area contributed by atoms with Gasteiger partial charge >= 0.3 is 205 Å². The van der Waals surface area contributed by atoms with Crippen molar-refractivity contribution in [2.45, 2.75) is 37.4 Å². The second-order valence-electron chi connectivity index (χ2n) is 9.21. The molecule has 3 atom stereocenters. The molecule has 1 aliphatic rings. The summed E-state index contributed by atoms with van der Waals surface area (Å²) in [5.74, 6) is -0.0141. The number of halogens is 1. The number of carbonyl (C=O) groups is 2. The standard InChI is InChI=1S/C28H29AsClNO6S/c1-19-18-26(29(20(2)32)22-10-12-23(30)13-11-22)25-6-3-4-7-27(25)31(19)28(33)21-8-14-24(15-9-21)37-16-5-17-38(34,35)36/h3-4,6-15,19,26H,5,16-18H2,1-2H3,(H,34,35,36). The molecule has 4 rings (SSSR count). The Kier molecular flexibility index (Phi) is 8.99. The molecule has 0 spiro atoms. The van der Waals surface area contributed by atoms with Crippen molar-refractivity contribution in [2.24, 2.45) is 0 Å². The minimum atomic E-state index is -4.02. The van der Waals surface area contributed by atoms with E-state index >= 15 is 0 Å².